The lowest BCUT2D eigenvalue weighted by Gasteiger charge is -2.30. The van der Waals surface area contributed by atoms with Crippen molar-refractivity contribution in [2.45, 2.75) is 20.8 Å². The van der Waals surface area contributed by atoms with Crippen LogP contribution in [0.1, 0.15) is 25.0 Å². The van der Waals surface area contributed by atoms with Crippen molar-refractivity contribution in [2.24, 2.45) is 5.10 Å². The summed E-state index contributed by atoms with van der Waals surface area (Å²) >= 11 is 0. The van der Waals surface area contributed by atoms with Crippen molar-refractivity contribution in [2.75, 3.05) is 16.5 Å². The van der Waals surface area contributed by atoms with Crippen molar-refractivity contribution in [1.82, 2.24) is 0 Å². The number of nitrogens with zero attached hydrogens (tertiary/aromatic N) is 3. The Bertz CT molecular complexity index is 970. The highest BCUT2D eigenvalue weighted by Crippen LogP contribution is 2.35. The number of aryl methyl sites for hydroxylation is 1. The molecular formula is C22H21N3O. The summed E-state index contributed by atoms with van der Waals surface area (Å²) in [6, 6.07) is 16.0. The molecule has 26 heavy (non-hydrogen) atoms. The maximum absolute atomic E-state index is 13.1. The van der Waals surface area contributed by atoms with Gasteiger partial charge in [-0.25, -0.2) is 0 Å². The standard InChI is InChI=1S/C22H21N3O/c1-4-24-19-12-10-15(2)14-17(19)11-13-20(24)21-16(3)23-25(22(21)26)18-8-6-5-7-9-18/h5-14H,4H2,1-3H3/b21-20-. The lowest BCUT2D eigenvalue weighted by Crippen LogP contribution is -2.29. The molecule has 0 N–H and O–H groups in total. The molecule has 130 valence electrons. The Kier molecular flexibility index (Phi) is 3.96. The van der Waals surface area contributed by atoms with E-state index in [4.69, 9.17) is 0 Å². The van der Waals surface area contributed by atoms with E-state index in [0.717, 1.165) is 29.3 Å². The number of carbonyl (C=O) groups excluding carboxylic acids is 1. The first kappa shape index (κ1) is 16.3. The molecule has 0 spiro atoms. The Morgan fingerprint density at radius 2 is 1.77 bits per heavy atom. The minimum absolute atomic E-state index is 0.0811. The van der Waals surface area contributed by atoms with E-state index in [1.54, 1.807) is 0 Å². The zero-order valence-electron chi connectivity index (χ0n) is 15.2. The summed E-state index contributed by atoms with van der Waals surface area (Å²) in [5, 5.41) is 6.01. The van der Waals surface area contributed by atoms with Gasteiger partial charge in [-0.1, -0.05) is 35.9 Å². The minimum atomic E-state index is -0.0811. The van der Waals surface area contributed by atoms with E-state index in [1.165, 1.54) is 16.1 Å². The fourth-order valence-electron chi connectivity index (χ4n) is 3.55. The van der Waals surface area contributed by atoms with Crippen molar-refractivity contribution in [3.8, 4) is 0 Å². The number of anilines is 2. The van der Waals surface area contributed by atoms with E-state index in [2.05, 4.69) is 48.1 Å². The average molecular weight is 343 g/mol. The van der Waals surface area contributed by atoms with Gasteiger partial charge < -0.3 is 4.90 Å². The Hall–Kier alpha value is -3.14. The molecule has 4 heteroatoms. The molecule has 2 heterocycles. The molecule has 0 radical (unpaired) electrons. The van der Waals surface area contributed by atoms with Crippen LogP contribution in [0.25, 0.3) is 6.08 Å². The molecule has 0 saturated carbocycles. The highest BCUT2D eigenvalue weighted by molar-refractivity contribution is 6.30. The van der Waals surface area contributed by atoms with Crippen LogP contribution in [0.3, 0.4) is 0 Å². The summed E-state index contributed by atoms with van der Waals surface area (Å²) < 4.78 is 0. The maximum Gasteiger partial charge on any atom is 0.282 e. The number of amides is 1. The van der Waals surface area contributed by atoms with E-state index in [9.17, 15) is 4.79 Å². The number of hydrogen-bond donors (Lipinski definition) is 0. The SMILES string of the molecule is CCN1/C(=C2\C(=O)N(c3ccccc3)N=C2C)C=Cc2cc(C)ccc21. The fourth-order valence-corrected chi connectivity index (χ4v) is 3.55. The molecule has 2 aliphatic heterocycles. The van der Waals surface area contributed by atoms with Gasteiger partial charge >= 0.3 is 0 Å². The smallest absolute Gasteiger partial charge is 0.282 e. The van der Waals surface area contributed by atoms with Gasteiger partial charge in [-0.3, -0.25) is 4.79 Å². The molecule has 4 nitrogen and oxygen atoms in total. The van der Waals surface area contributed by atoms with Crippen LogP contribution < -0.4 is 9.91 Å². The Balaban J connectivity index is 1.81. The van der Waals surface area contributed by atoms with Crippen LogP contribution in [0.5, 0.6) is 0 Å². The summed E-state index contributed by atoms with van der Waals surface area (Å²) in [5.41, 5.74) is 6.63. The second-order valence-corrected chi connectivity index (χ2v) is 6.54. The molecule has 0 aromatic heterocycles. The molecule has 1 amide bonds. The quantitative estimate of drug-likeness (QED) is 0.751. The van der Waals surface area contributed by atoms with E-state index >= 15 is 0 Å². The van der Waals surface area contributed by atoms with Gasteiger partial charge in [0.2, 0.25) is 0 Å². The van der Waals surface area contributed by atoms with E-state index in [-0.39, 0.29) is 5.91 Å². The van der Waals surface area contributed by atoms with Gasteiger partial charge in [0.1, 0.15) is 0 Å². The van der Waals surface area contributed by atoms with Crippen molar-refractivity contribution in [3.05, 3.63) is 77.0 Å². The summed E-state index contributed by atoms with van der Waals surface area (Å²) in [6.07, 6.45) is 4.12. The molecule has 0 bridgehead atoms. The number of benzene rings is 2. The molecule has 2 aromatic rings. The van der Waals surface area contributed by atoms with Crippen molar-refractivity contribution < 1.29 is 4.79 Å². The molecule has 2 aliphatic rings. The van der Waals surface area contributed by atoms with E-state index < -0.39 is 0 Å². The number of likely N-dealkylation sites (N-methyl/N-ethyl adjacent to an activating group) is 1. The zero-order chi connectivity index (χ0) is 18.3. The van der Waals surface area contributed by atoms with Gasteiger partial charge in [0.15, 0.2) is 0 Å². The monoisotopic (exact) mass is 343 g/mol. The summed E-state index contributed by atoms with van der Waals surface area (Å²) in [6.45, 7) is 6.87. The second-order valence-electron chi connectivity index (χ2n) is 6.54. The van der Waals surface area contributed by atoms with Crippen molar-refractivity contribution >= 4 is 29.1 Å². The predicted molar refractivity (Wildman–Crippen MR) is 107 cm³/mol. The topological polar surface area (TPSA) is 35.9 Å². The van der Waals surface area contributed by atoms with Crippen LogP contribution >= 0.6 is 0 Å². The summed E-state index contributed by atoms with van der Waals surface area (Å²) in [5.74, 6) is -0.0811. The highest BCUT2D eigenvalue weighted by atomic mass is 16.2. The normalized spacial score (nSPS) is 19.0. The van der Waals surface area contributed by atoms with Crippen LogP contribution in [0.2, 0.25) is 0 Å². The summed E-state index contributed by atoms with van der Waals surface area (Å²) in [4.78, 5) is 15.3. The van der Waals surface area contributed by atoms with Crippen LogP contribution in [-0.4, -0.2) is 18.2 Å². The first-order valence-electron chi connectivity index (χ1n) is 8.85. The molecule has 0 aliphatic carbocycles. The molecule has 0 saturated heterocycles. The number of para-hydroxylation sites is 1. The molecule has 4 rings (SSSR count). The van der Waals surface area contributed by atoms with Gasteiger partial charge in [0.05, 0.1) is 22.7 Å². The third kappa shape index (κ3) is 2.54. The first-order valence-corrected chi connectivity index (χ1v) is 8.85. The van der Waals surface area contributed by atoms with Gasteiger partial charge in [0.25, 0.3) is 5.91 Å². The number of allylic oxidation sites excluding steroid dienone is 1. The molecule has 2 aromatic carbocycles. The Morgan fingerprint density at radius 3 is 2.50 bits per heavy atom. The third-order valence-electron chi connectivity index (χ3n) is 4.78. The number of carbonyl (C=O) groups is 1. The zero-order valence-corrected chi connectivity index (χ0v) is 15.2. The fraction of sp³-hybridized carbons (Fsp3) is 0.182. The van der Waals surface area contributed by atoms with Gasteiger partial charge in [-0.15, -0.1) is 0 Å². The first-order chi connectivity index (χ1) is 12.6. The van der Waals surface area contributed by atoms with Crippen molar-refractivity contribution in [3.63, 3.8) is 0 Å². The molecule has 0 atom stereocenters. The Labute approximate surface area is 153 Å². The molecular weight excluding hydrogens is 322 g/mol. The minimum Gasteiger partial charge on any atom is -0.341 e. The number of fused-ring (bicyclic) bond motifs is 1. The van der Waals surface area contributed by atoms with E-state index in [0.29, 0.717) is 5.57 Å². The lowest BCUT2D eigenvalue weighted by atomic mass is 9.99. The van der Waals surface area contributed by atoms with Gasteiger partial charge in [0, 0.05) is 12.2 Å². The van der Waals surface area contributed by atoms with Crippen LogP contribution in [0.4, 0.5) is 11.4 Å². The lowest BCUT2D eigenvalue weighted by molar-refractivity contribution is -0.114. The number of rotatable bonds is 2. The molecule has 0 unspecified atom stereocenters. The maximum atomic E-state index is 13.1. The predicted octanol–water partition coefficient (Wildman–Crippen LogP) is 4.52. The summed E-state index contributed by atoms with van der Waals surface area (Å²) in [7, 11) is 0. The van der Waals surface area contributed by atoms with Crippen LogP contribution in [0.15, 0.2) is 71.0 Å². The second kappa shape index (κ2) is 6.30. The van der Waals surface area contributed by atoms with Crippen LogP contribution in [-0.2, 0) is 4.79 Å². The van der Waals surface area contributed by atoms with Gasteiger partial charge in [-0.2, -0.15) is 10.1 Å². The van der Waals surface area contributed by atoms with Crippen molar-refractivity contribution in [1.29, 1.82) is 0 Å². The molecule has 0 fully saturated rings. The average Bonchev–Trinajstić information content (AvgIpc) is 2.95. The number of hydrogen-bond acceptors (Lipinski definition) is 3. The van der Waals surface area contributed by atoms with Crippen LogP contribution in [0, 0.1) is 6.92 Å². The largest absolute Gasteiger partial charge is 0.341 e. The van der Waals surface area contributed by atoms with Gasteiger partial charge in [-0.05, 0) is 56.7 Å². The van der Waals surface area contributed by atoms with E-state index in [1.807, 2.05) is 43.3 Å². The highest BCUT2D eigenvalue weighted by Gasteiger charge is 2.33. The Morgan fingerprint density at radius 1 is 1.00 bits per heavy atom. The third-order valence-corrected chi connectivity index (χ3v) is 4.78. The number of hydrazone groups is 1.